The van der Waals surface area contributed by atoms with Crippen LogP contribution >= 0.6 is 0 Å². The second-order valence-corrected chi connectivity index (χ2v) is 5.52. The van der Waals surface area contributed by atoms with Gasteiger partial charge < -0.3 is 15.0 Å². The maximum Gasteiger partial charge on any atom is 0.231 e. The van der Waals surface area contributed by atoms with Crippen LogP contribution in [0.1, 0.15) is 57.3 Å². The maximum atomic E-state index is 5.96. The number of morpholine rings is 1. The highest BCUT2D eigenvalue weighted by molar-refractivity contribution is 5.00. The van der Waals surface area contributed by atoms with E-state index in [0.29, 0.717) is 11.7 Å². The highest BCUT2D eigenvalue weighted by atomic mass is 16.5. The van der Waals surface area contributed by atoms with Crippen molar-refractivity contribution >= 4 is 0 Å². The molecule has 1 fully saturated rings. The number of ether oxygens (including phenoxy) is 1. The number of nitrogens with two attached hydrogens (primary N) is 1. The number of nitrogens with zero attached hydrogens (tertiary/aromatic N) is 3. The van der Waals surface area contributed by atoms with E-state index in [1.54, 1.807) is 0 Å². The standard InChI is InChI=1S/C14H26N4O2/c1-4-6-18-7-8-19-12(9-18)13-16-14(20-17-13)11(5-2)10(3)15/h10-12H,4-9,15H2,1-3H3. The SMILES string of the molecule is CCCN1CCOC(c2noc(C(CC)C(C)N)n2)C1. The maximum absolute atomic E-state index is 5.96. The van der Waals surface area contributed by atoms with E-state index in [-0.39, 0.29) is 18.1 Å². The Morgan fingerprint density at radius 1 is 1.45 bits per heavy atom. The third-order valence-corrected chi connectivity index (χ3v) is 3.83. The monoisotopic (exact) mass is 282 g/mol. The minimum Gasteiger partial charge on any atom is -0.367 e. The first kappa shape index (κ1) is 15.4. The number of hydrogen-bond donors (Lipinski definition) is 1. The second kappa shape index (κ2) is 7.15. The average Bonchev–Trinajstić information content (AvgIpc) is 2.89. The molecule has 1 aromatic rings. The Bertz CT molecular complexity index is 406. The minimum absolute atomic E-state index is 0.0113. The lowest BCUT2D eigenvalue weighted by molar-refractivity contribution is -0.0350. The summed E-state index contributed by atoms with van der Waals surface area (Å²) in [5, 5.41) is 4.09. The molecule has 1 aromatic heterocycles. The van der Waals surface area contributed by atoms with Gasteiger partial charge in [-0.1, -0.05) is 19.0 Å². The summed E-state index contributed by atoms with van der Waals surface area (Å²) >= 11 is 0. The summed E-state index contributed by atoms with van der Waals surface area (Å²) in [6.07, 6.45) is 1.96. The van der Waals surface area contributed by atoms with Crippen LogP contribution in [0, 0.1) is 0 Å². The zero-order chi connectivity index (χ0) is 14.5. The molecular formula is C14H26N4O2. The summed E-state index contributed by atoms with van der Waals surface area (Å²) < 4.78 is 11.2. The Hall–Kier alpha value is -0.980. The molecule has 0 aromatic carbocycles. The molecule has 2 N–H and O–H groups in total. The summed E-state index contributed by atoms with van der Waals surface area (Å²) in [4.78, 5) is 6.89. The lowest BCUT2D eigenvalue weighted by Gasteiger charge is -2.30. The van der Waals surface area contributed by atoms with Crippen LogP contribution in [0.4, 0.5) is 0 Å². The van der Waals surface area contributed by atoms with Gasteiger partial charge in [0, 0.05) is 19.1 Å². The number of rotatable bonds is 6. The molecule has 0 spiro atoms. The van der Waals surface area contributed by atoms with Crippen molar-refractivity contribution in [1.29, 1.82) is 0 Å². The molecule has 3 atom stereocenters. The zero-order valence-electron chi connectivity index (χ0n) is 12.7. The highest BCUT2D eigenvalue weighted by Gasteiger charge is 2.28. The lowest BCUT2D eigenvalue weighted by Crippen LogP contribution is -2.39. The van der Waals surface area contributed by atoms with Crippen LogP contribution in [0.15, 0.2) is 4.52 Å². The molecule has 2 heterocycles. The average molecular weight is 282 g/mol. The first-order valence-electron chi connectivity index (χ1n) is 7.58. The Labute approximate surface area is 120 Å². The first-order valence-corrected chi connectivity index (χ1v) is 7.58. The Morgan fingerprint density at radius 3 is 2.90 bits per heavy atom. The summed E-state index contributed by atoms with van der Waals surface area (Å²) in [5.41, 5.74) is 5.96. The van der Waals surface area contributed by atoms with E-state index in [0.717, 1.165) is 39.1 Å². The summed E-state index contributed by atoms with van der Waals surface area (Å²) in [6.45, 7) is 9.86. The minimum atomic E-state index is -0.0848. The molecule has 1 aliphatic heterocycles. The normalized spacial score (nSPS) is 23.7. The predicted octanol–water partition coefficient (Wildman–Crippen LogP) is 1.69. The molecule has 114 valence electrons. The molecule has 1 aliphatic rings. The van der Waals surface area contributed by atoms with Crippen LogP contribution in [-0.4, -0.2) is 47.3 Å². The number of aromatic nitrogens is 2. The Balaban J connectivity index is 2.04. The van der Waals surface area contributed by atoms with Crippen molar-refractivity contribution in [3.8, 4) is 0 Å². The molecule has 6 heteroatoms. The van der Waals surface area contributed by atoms with Gasteiger partial charge in [0.2, 0.25) is 11.7 Å². The summed E-state index contributed by atoms with van der Waals surface area (Å²) in [6, 6.07) is 0.0113. The van der Waals surface area contributed by atoms with Crippen molar-refractivity contribution in [2.75, 3.05) is 26.2 Å². The van der Waals surface area contributed by atoms with E-state index in [1.165, 1.54) is 0 Å². The van der Waals surface area contributed by atoms with E-state index in [9.17, 15) is 0 Å². The van der Waals surface area contributed by atoms with Crippen molar-refractivity contribution in [2.45, 2.75) is 51.7 Å². The molecule has 0 bridgehead atoms. The fourth-order valence-corrected chi connectivity index (χ4v) is 2.68. The van der Waals surface area contributed by atoms with E-state index < -0.39 is 0 Å². The van der Waals surface area contributed by atoms with Crippen molar-refractivity contribution in [2.24, 2.45) is 5.73 Å². The molecule has 0 saturated carbocycles. The first-order chi connectivity index (χ1) is 9.65. The van der Waals surface area contributed by atoms with E-state index in [4.69, 9.17) is 15.0 Å². The van der Waals surface area contributed by atoms with Crippen LogP contribution < -0.4 is 5.73 Å². The zero-order valence-corrected chi connectivity index (χ0v) is 12.7. The summed E-state index contributed by atoms with van der Waals surface area (Å²) in [5.74, 6) is 1.40. The molecule has 0 aliphatic carbocycles. The molecule has 6 nitrogen and oxygen atoms in total. The number of hydrogen-bond acceptors (Lipinski definition) is 6. The van der Waals surface area contributed by atoms with Gasteiger partial charge in [-0.3, -0.25) is 4.90 Å². The molecule has 1 saturated heterocycles. The van der Waals surface area contributed by atoms with Gasteiger partial charge in [0.15, 0.2) is 0 Å². The topological polar surface area (TPSA) is 77.4 Å². The molecule has 0 amide bonds. The van der Waals surface area contributed by atoms with Gasteiger partial charge in [-0.25, -0.2) is 0 Å². The third-order valence-electron chi connectivity index (χ3n) is 3.83. The second-order valence-electron chi connectivity index (χ2n) is 5.52. The Kier molecular flexibility index (Phi) is 5.51. The van der Waals surface area contributed by atoms with Gasteiger partial charge in [-0.2, -0.15) is 4.98 Å². The molecule has 20 heavy (non-hydrogen) atoms. The van der Waals surface area contributed by atoms with Gasteiger partial charge in [0.25, 0.3) is 0 Å². The van der Waals surface area contributed by atoms with Gasteiger partial charge in [0.05, 0.1) is 12.5 Å². The summed E-state index contributed by atoms with van der Waals surface area (Å²) in [7, 11) is 0. The molecule has 2 rings (SSSR count). The van der Waals surface area contributed by atoms with E-state index >= 15 is 0 Å². The molecule has 0 radical (unpaired) electrons. The van der Waals surface area contributed by atoms with Crippen LogP contribution in [0.3, 0.4) is 0 Å². The van der Waals surface area contributed by atoms with Crippen molar-refractivity contribution < 1.29 is 9.26 Å². The van der Waals surface area contributed by atoms with E-state index in [1.807, 2.05) is 6.92 Å². The fourth-order valence-electron chi connectivity index (χ4n) is 2.68. The third kappa shape index (κ3) is 3.56. The highest BCUT2D eigenvalue weighted by Crippen LogP contribution is 2.24. The van der Waals surface area contributed by atoms with Crippen LogP contribution in [0.2, 0.25) is 0 Å². The Morgan fingerprint density at radius 2 is 2.25 bits per heavy atom. The van der Waals surface area contributed by atoms with Gasteiger partial charge in [0.1, 0.15) is 6.10 Å². The molecular weight excluding hydrogens is 256 g/mol. The smallest absolute Gasteiger partial charge is 0.231 e. The van der Waals surface area contributed by atoms with Crippen molar-refractivity contribution in [3.63, 3.8) is 0 Å². The van der Waals surface area contributed by atoms with E-state index in [2.05, 4.69) is 28.9 Å². The van der Waals surface area contributed by atoms with Crippen LogP contribution in [-0.2, 0) is 4.74 Å². The van der Waals surface area contributed by atoms with Gasteiger partial charge >= 0.3 is 0 Å². The van der Waals surface area contributed by atoms with Gasteiger partial charge in [-0.15, -0.1) is 0 Å². The van der Waals surface area contributed by atoms with Crippen molar-refractivity contribution in [3.05, 3.63) is 11.7 Å². The largest absolute Gasteiger partial charge is 0.367 e. The van der Waals surface area contributed by atoms with Crippen LogP contribution in [0.5, 0.6) is 0 Å². The molecule has 3 unspecified atom stereocenters. The lowest BCUT2D eigenvalue weighted by atomic mass is 9.99. The van der Waals surface area contributed by atoms with Crippen LogP contribution in [0.25, 0.3) is 0 Å². The quantitative estimate of drug-likeness (QED) is 0.855. The fraction of sp³-hybridized carbons (Fsp3) is 0.857. The van der Waals surface area contributed by atoms with Gasteiger partial charge in [-0.05, 0) is 26.3 Å². The predicted molar refractivity (Wildman–Crippen MR) is 76.4 cm³/mol. The van der Waals surface area contributed by atoms with Crippen molar-refractivity contribution in [1.82, 2.24) is 15.0 Å².